The molecule has 2 aromatic carbocycles. The average molecular weight is 387 g/mol. The third kappa shape index (κ3) is 6.24. The van der Waals surface area contributed by atoms with Crippen LogP contribution in [0.25, 0.3) is 0 Å². The van der Waals surface area contributed by atoms with Gasteiger partial charge in [-0.15, -0.1) is 0 Å². The third-order valence-corrected chi connectivity index (χ3v) is 3.90. The van der Waals surface area contributed by atoms with E-state index < -0.39 is 12.4 Å². The lowest BCUT2D eigenvalue weighted by Crippen LogP contribution is -2.34. The highest BCUT2D eigenvalue weighted by molar-refractivity contribution is 6.31. The topological polar surface area (TPSA) is 41.6 Å². The van der Waals surface area contributed by atoms with Crippen LogP contribution >= 0.6 is 11.6 Å². The minimum atomic E-state index is -2.88. The lowest BCUT2D eigenvalue weighted by Gasteiger charge is -2.17. The van der Waals surface area contributed by atoms with Crippen molar-refractivity contribution in [2.24, 2.45) is 0 Å². The van der Waals surface area contributed by atoms with Gasteiger partial charge >= 0.3 is 6.61 Å². The van der Waals surface area contributed by atoms with Gasteiger partial charge in [0.05, 0.1) is 6.54 Å². The number of likely N-dealkylation sites (N-methyl/N-ethyl adjacent to an activating group) is 1. The van der Waals surface area contributed by atoms with Crippen molar-refractivity contribution in [3.8, 4) is 5.75 Å². The number of halogens is 4. The van der Waals surface area contributed by atoms with Crippen molar-refractivity contribution in [3.63, 3.8) is 0 Å². The number of nitrogens with zero attached hydrogens (tertiary/aromatic N) is 1. The van der Waals surface area contributed by atoms with E-state index in [9.17, 15) is 18.0 Å². The number of amides is 1. The maximum Gasteiger partial charge on any atom is 0.387 e. The summed E-state index contributed by atoms with van der Waals surface area (Å²) in [7, 11) is 1.68. The molecule has 0 saturated carbocycles. The van der Waals surface area contributed by atoms with Crippen LogP contribution in [0.2, 0.25) is 5.02 Å². The van der Waals surface area contributed by atoms with Gasteiger partial charge in [-0.2, -0.15) is 8.78 Å². The molecule has 26 heavy (non-hydrogen) atoms. The van der Waals surface area contributed by atoms with E-state index in [1.807, 2.05) is 0 Å². The molecule has 0 aliphatic carbocycles. The van der Waals surface area contributed by atoms with Crippen molar-refractivity contribution in [2.45, 2.75) is 19.7 Å². The van der Waals surface area contributed by atoms with E-state index in [1.54, 1.807) is 30.1 Å². The number of ether oxygens (including phenoxy) is 1. The van der Waals surface area contributed by atoms with E-state index in [2.05, 4.69) is 10.1 Å². The van der Waals surface area contributed by atoms with E-state index in [4.69, 9.17) is 11.6 Å². The molecule has 2 aromatic rings. The van der Waals surface area contributed by atoms with Crippen molar-refractivity contribution in [1.29, 1.82) is 0 Å². The number of carbonyl (C=O) groups is 1. The summed E-state index contributed by atoms with van der Waals surface area (Å²) in [5.41, 5.74) is 1.07. The lowest BCUT2D eigenvalue weighted by molar-refractivity contribution is -0.122. The second-order valence-electron chi connectivity index (χ2n) is 5.67. The predicted molar refractivity (Wildman–Crippen MR) is 92.7 cm³/mol. The minimum Gasteiger partial charge on any atom is -0.435 e. The van der Waals surface area contributed by atoms with Crippen molar-refractivity contribution in [3.05, 3.63) is 64.4 Å². The summed E-state index contributed by atoms with van der Waals surface area (Å²) in [6, 6.07) is 10.4. The van der Waals surface area contributed by atoms with Crippen LogP contribution in [0.5, 0.6) is 5.75 Å². The Labute approximate surface area is 154 Å². The van der Waals surface area contributed by atoms with Gasteiger partial charge in [0.1, 0.15) is 11.6 Å². The van der Waals surface area contributed by atoms with E-state index in [0.717, 1.165) is 5.56 Å². The number of hydrogen-bond acceptors (Lipinski definition) is 3. The minimum absolute atomic E-state index is 0.0524. The second-order valence-corrected chi connectivity index (χ2v) is 6.08. The molecule has 4 nitrogen and oxygen atoms in total. The molecule has 140 valence electrons. The zero-order chi connectivity index (χ0) is 19.1. The molecule has 0 unspecified atom stereocenters. The standard InChI is InChI=1S/C18H18ClF3N2O2/c1-24(10-14-15(19)3-2-4-16(14)20)11-17(25)23-9-12-5-7-13(8-6-12)26-18(21)22/h2-8,18H,9-11H2,1H3,(H,23,25). The van der Waals surface area contributed by atoms with Gasteiger partial charge in [-0.05, 0) is 36.9 Å². The van der Waals surface area contributed by atoms with Crippen LogP contribution in [0.1, 0.15) is 11.1 Å². The van der Waals surface area contributed by atoms with E-state index in [-0.39, 0.29) is 31.3 Å². The molecule has 0 aromatic heterocycles. The average Bonchev–Trinajstić information content (AvgIpc) is 2.57. The van der Waals surface area contributed by atoms with Crippen molar-refractivity contribution >= 4 is 17.5 Å². The molecule has 8 heteroatoms. The molecule has 0 saturated heterocycles. The molecule has 2 rings (SSSR count). The first-order chi connectivity index (χ1) is 12.3. The third-order valence-electron chi connectivity index (χ3n) is 3.54. The molecule has 0 spiro atoms. The van der Waals surface area contributed by atoms with Crippen LogP contribution in [0.15, 0.2) is 42.5 Å². The monoisotopic (exact) mass is 386 g/mol. The number of benzene rings is 2. The van der Waals surface area contributed by atoms with Gasteiger partial charge in [0.2, 0.25) is 5.91 Å². The van der Waals surface area contributed by atoms with Crippen LogP contribution in [0, 0.1) is 5.82 Å². The Morgan fingerprint density at radius 3 is 2.54 bits per heavy atom. The summed E-state index contributed by atoms with van der Waals surface area (Å²) in [5.74, 6) is -0.625. The molecular weight excluding hydrogens is 369 g/mol. The number of carbonyl (C=O) groups excluding carboxylic acids is 1. The summed E-state index contributed by atoms with van der Waals surface area (Å²) in [5, 5.41) is 3.02. The van der Waals surface area contributed by atoms with E-state index in [0.29, 0.717) is 10.6 Å². The second kappa shape index (κ2) is 9.45. The van der Waals surface area contributed by atoms with Crippen LogP contribution < -0.4 is 10.1 Å². The molecule has 0 atom stereocenters. The first kappa shape index (κ1) is 20.1. The summed E-state index contributed by atoms with van der Waals surface area (Å²) in [6.45, 7) is -2.39. The quantitative estimate of drug-likeness (QED) is 0.749. The lowest BCUT2D eigenvalue weighted by atomic mass is 10.2. The first-order valence-electron chi connectivity index (χ1n) is 7.77. The largest absolute Gasteiger partial charge is 0.435 e. The van der Waals surface area contributed by atoms with Crippen molar-refractivity contribution < 1.29 is 22.7 Å². The highest BCUT2D eigenvalue weighted by Crippen LogP contribution is 2.20. The molecule has 0 aliphatic heterocycles. The summed E-state index contributed by atoms with van der Waals surface area (Å²) in [6.07, 6.45) is 0. The molecule has 0 radical (unpaired) electrons. The summed E-state index contributed by atoms with van der Waals surface area (Å²) >= 11 is 5.97. The fourth-order valence-electron chi connectivity index (χ4n) is 2.30. The molecule has 0 fully saturated rings. The highest BCUT2D eigenvalue weighted by atomic mass is 35.5. The molecule has 1 N–H and O–H groups in total. The molecule has 0 aliphatic rings. The van der Waals surface area contributed by atoms with Crippen LogP contribution in [-0.4, -0.2) is 31.0 Å². The zero-order valence-electron chi connectivity index (χ0n) is 14.0. The Balaban J connectivity index is 1.81. The Morgan fingerprint density at radius 1 is 1.23 bits per heavy atom. The Kier molecular flexibility index (Phi) is 7.29. The maximum absolute atomic E-state index is 13.8. The van der Waals surface area contributed by atoms with Gasteiger partial charge in [-0.25, -0.2) is 4.39 Å². The van der Waals surface area contributed by atoms with Crippen LogP contribution in [0.3, 0.4) is 0 Å². The highest BCUT2D eigenvalue weighted by Gasteiger charge is 2.12. The summed E-state index contributed by atoms with van der Waals surface area (Å²) in [4.78, 5) is 13.6. The fraction of sp³-hybridized carbons (Fsp3) is 0.278. The van der Waals surface area contributed by atoms with E-state index in [1.165, 1.54) is 24.3 Å². The van der Waals surface area contributed by atoms with Crippen molar-refractivity contribution in [2.75, 3.05) is 13.6 Å². The fourth-order valence-corrected chi connectivity index (χ4v) is 2.52. The van der Waals surface area contributed by atoms with Gasteiger partial charge in [0.15, 0.2) is 0 Å². The Morgan fingerprint density at radius 2 is 1.92 bits per heavy atom. The van der Waals surface area contributed by atoms with Gasteiger partial charge in [0, 0.05) is 23.7 Å². The maximum atomic E-state index is 13.8. The van der Waals surface area contributed by atoms with E-state index >= 15 is 0 Å². The molecule has 0 bridgehead atoms. The van der Waals surface area contributed by atoms with Gasteiger partial charge < -0.3 is 10.1 Å². The molecular formula is C18H18ClF3N2O2. The molecule has 0 heterocycles. The zero-order valence-corrected chi connectivity index (χ0v) is 14.8. The van der Waals surface area contributed by atoms with Gasteiger partial charge in [-0.3, -0.25) is 9.69 Å². The van der Waals surface area contributed by atoms with Crippen LogP contribution in [-0.2, 0) is 17.9 Å². The SMILES string of the molecule is CN(CC(=O)NCc1ccc(OC(F)F)cc1)Cc1c(F)cccc1Cl. The van der Waals surface area contributed by atoms with Gasteiger partial charge in [0.25, 0.3) is 0 Å². The Bertz CT molecular complexity index is 721. The Hall–Kier alpha value is -2.25. The van der Waals surface area contributed by atoms with Crippen LogP contribution in [0.4, 0.5) is 13.2 Å². The number of nitrogens with one attached hydrogen (secondary N) is 1. The van der Waals surface area contributed by atoms with Gasteiger partial charge in [-0.1, -0.05) is 29.8 Å². The number of rotatable bonds is 8. The smallest absolute Gasteiger partial charge is 0.387 e. The van der Waals surface area contributed by atoms with Crippen molar-refractivity contribution in [1.82, 2.24) is 10.2 Å². The number of hydrogen-bond donors (Lipinski definition) is 1. The first-order valence-corrected chi connectivity index (χ1v) is 8.15. The predicted octanol–water partition coefficient (Wildman–Crippen LogP) is 3.83. The summed E-state index contributed by atoms with van der Waals surface area (Å²) < 4.78 is 42.2. The number of alkyl halides is 2. The molecule has 1 amide bonds. The normalized spacial score (nSPS) is 11.0.